The third kappa shape index (κ3) is 8.07. The van der Waals surface area contributed by atoms with Crippen LogP contribution in [0.3, 0.4) is 0 Å². The first-order valence-corrected chi connectivity index (χ1v) is 20.1. The van der Waals surface area contributed by atoms with Gasteiger partial charge in [-0.15, -0.1) is 0 Å². The normalized spacial score (nSPS) is 31.4. The number of hydrogen-bond donors (Lipinski definition) is 4. The van der Waals surface area contributed by atoms with E-state index in [1.165, 1.54) is 10.5 Å². The van der Waals surface area contributed by atoms with Crippen LogP contribution in [0.4, 0.5) is 9.59 Å². The average molecular weight is 741 g/mol. The fraction of sp³-hybridized carbons (Fsp3) is 0.639. The van der Waals surface area contributed by atoms with Gasteiger partial charge in [0.2, 0.25) is 21.8 Å². The second-order valence-corrected chi connectivity index (χ2v) is 16.9. The van der Waals surface area contributed by atoms with E-state index in [2.05, 4.69) is 20.7 Å². The Labute approximate surface area is 303 Å². The monoisotopic (exact) mass is 740 g/mol. The quantitative estimate of drug-likeness (QED) is 0.314. The number of benzene rings is 1. The summed E-state index contributed by atoms with van der Waals surface area (Å²) in [7, 11) is -3.89. The van der Waals surface area contributed by atoms with E-state index in [1.54, 1.807) is 4.90 Å². The molecule has 2 saturated carbocycles. The molecule has 282 valence electrons. The molecule has 0 bridgehead atoms. The molecule has 4 fully saturated rings. The second kappa shape index (κ2) is 15.0. The molecule has 4 heterocycles. The molecule has 15 nitrogen and oxygen atoms in total. The highest BCUT2D eigenvalue weighted by atomic mass is 32.2. The van der Waals surface area contributed by atoms with Crippen LogP contribution < -0.4 is 20.7 Å². The molecule has 6 aliphatic rings. The van der Waals surface area contributed by atoms with E-state index in [0.717, 1.165) is 18.4 Å². The Bertz CT molecular complexity index is 1710. The number of hydrogen-bond acceptors (Lipinski definition) is 9. The number of fused-ring (bicyclic) bond motifs is 3. The van der Waals surface area contributed by atoms with Crippen LogP contribution >= 0.6 is 0 Å². The summed E-state index contributed by atoms with van der Waals surface area (Å²) < 4.78 is 39.1. The van der Waals surface area contributed by atoms with Gasteiger partial charge in [-0.3, -0.25) is 19.1 Å². The highest BCUT2D eigenvalue weighted by molar-refractivity contribution is 7.91. The lowest BCUT2D eigenvalue weighted by Crippen LogP contribution is -2.59. The summed E-state index contributed by atoms with van der Waals surface area (Å²) in [6.45, 7) is 1.64. The molecule has 7 rings (SSSR count). The van der Waals surface area contributed by atoms with Crippen LogP contribution in [-0.2, 0) is 46.8 Å². The molecule has 16 heteroatoms. The van der Waals surface area contributed by atoms with Gasteiger partial charge in [-0.05, 0) is 62.5 Å². The number of ether oxygens (including phenoxy) is 2. The third-order valence-electron chi connectivity index (χ3n) is 11.1. The maximum atomic E-state index is 14.4. The first kappa shape index (κ1) is 36.2. The molecular weight excluding hydrogens is 692 g/mol. The third-order valence-corrected chi connectivity index (χ3v) is 12.9. The highest BCUT2D eigenvalue weighted by Crippen LogP contribution is 2.46. The van der Waals surface area contributed by atoms with Gasteiger partial charge in [0.05, 0.1) is 24.4 Å². The van der Waals surface area contributed by atoms with E-state index in [-0.39, 0.29) is 25.4 Å². The smallest absolute Gasteiger partial charge is 0.410 e. The molecule has 0 aromatic heterocycles. The molecule has 1 aromatic carbocycles. The van der Waals surface area contributed by atoms with Gasteiger partial charge in [-0.2, -0.15) is 0 Å². The van der Waals surface area contributed by atoms with E-state index in [0.29, 0.717) is 71.2 Å². The number of urea groups is 1. The van der Waals surface area contributed by atoms with Crippen LogP contribution in [0.25, 0.3) is 0 Å². The maximum Gasteiger partial charge on any atom is 0.410 e. The summed E-state index contributed by atoms with van der Waals surface area (Å²) in [4.78, 5) is 71.7. The Hall–Kier alpha value is -4.18. The van der Waals surface area contributed by atoms with Crippen molar-refractivity contribution >= 4 is 39.9 Å². The summed E-state index contributed by atoms with van der Waals surface area (Å²) in [6, 6.07) is 5.06. The summed E-state index contributed by atoms with van der Waals surface area (Å²) in [5.74, 6) is -2.40. The minimum Gasteiger partial charge on any atom is -0.444 e. The van der Waals surface area contributed by atoms with Crippen molar-refractivity contribution in [3.05, 3.63) is 47.5 Å². The number of nitrogens with zero attached hydrogens (tertiary/aromatic N) is 2. The van der Waals surface area contributed by atoms with Crippen molar-refractivity contribution in [1.29, 1.82) is 0 Å². The number of allylic oxidation sites excluding steroid dienone is 1. The van der Waals surface area contributed by atoms with Gasteiger partial charge in [0.25, 0.3) is 5.91 Å². The van der Waals surface area contributed by atoms with Crippen LogP contribution in [0, 0.1) is 5.92 Å². The van der Waals surface area contributed by atoms with Gasteiger partial charge < -0.3 is 35.2 Å². The number of amides is 6. The predicted octanol–water partition coefficient (Wildman–Crippen LogP) is 1.61. The summed E-state index contributed by atoms with van der Waals surface area (Å²) in [6.07, 6.45) is 8.03. The molecule has 6 amide bonds. The van der Waals surface area contributed by atoms with Crippen molar-refractivity contribution in [2.24, 2.45) is 5.92 Å². The number of rotatable bonds is 6. The molecular formula is C36H48N6O9S. The molecule has 1 aromatic rings. The average Bonchev–Trinajstić information content (AvgIpc) is 4.00. The Kier molecular flexibility index (Phi) is 10.5. The Morgan fingerprint density at radius 2 is 1.81 bits per heavy atom. The Morgan fingerprint density at radius 3 is 2.58 bits per heavy atom. The summed E-state index contributed by atoms with van der Waals surface area (Å²) >= 11 is 0. The molecule has 4 aliphatic heterocycles. The van der Waals surface area contributed by atoms with Crippen LogP contribution in [0.1, 0.15) is 75.3 Å². The molecule has 2 saturated heterocycles. The minimum absolute atomic E-state index is 0.0371. The van der Waals surface area contributed by atoms with Crippen molar-refractivity contribution in [2.45, 2.75) is 112 Å². The zero-order valence-electron chi connectivity index (χ0n) is 29.2. The largest absolute Gasteiger partial charge is 0.444 e. The van der Waals surface area contributed by atoms with Crippen molar-refractivity contribution < 1.29 is 41.9 Å². The fourth-order valence-corrected chi connectivity index (χ4v) is 9.11. The zero-order valence-corrected chi connectivity index (χ0v) is 30.0. The van der Waals surface area contributed by atoms with Crippen LogP contribution in [0.5, 0.6) is 0 Å². The van der Waals surface area contributed by atoms with Crippen molar-refractivity contribution in [3.8, 4) is 0 Å². The standard InChI is InChI=1S/C36H48N6O9S/c43-31-30-18-27(51-35(47)41-16-14-23-8-6-7-9-24(23)20-41)21-42(30)32(44)29(38-34(46)37-26-15-17-50-22-26)11-5-3-1-2-4-10-25-19-36(25,39-31)33(45)40-52(48,49)28-12-13-28/h4,6-10,25-30H,1-3,5,11-22H2,(H,39,43)(H,40,45)(H2,37,38,46)/b10-4+/t25-,26?,27-,29+,30+,36-/m1/s1. The summed E-state index contributed by atoms with van der Waals surface area (Å²) in [5, 5.41) is 7.90. The number of nitrogens with one attached hydrogen (secondary N) is 4. The predicted molar refractivity (Wildman–Crippen MR) is 187 cm³/mol. The van der Waals surface area contributed by atoms with Gasteiger partial charge in [-0.1, -0.05) is 49.3 Å². The van der Waals surface area contributed by atoms with Crippen molar-refractivity contribution in [3.63, 3.8) is 0 Å². The van der Waals surface area contributed by atoms with E-state index >= 15 is 0 Å². The topological polar surface area (TPSA) is 193 Å². The molecule has 0 spiro atoms. The lowest BCUT2D eigenvalue weighted by molar-refractivity contribution is -0.141. The van der Waals surface area contributed by atoms with Crippen LogP contribution in [0.2, 0.25) is 0 Å². The van der Waals surface area contributed by atoms with Gasteiger partial charge in [0, 0.05) is 32.0 Å². The Balaban J connectivity index is 1.12. The molecule has 1 unspecified atom stereocenters. The van der Waals surface area contributed by atoms with E-state index in [4.69, 9.17) is 9.47 Å². The van der Waals surface area contributed by atoms with Crippen LogP contribution in [-0.4, -0.2) is 109 Å². The van der Waals surface area contributed by atoms with Gasteiger partial charge in [0.1, 0.15) is 23.7 Å². The molecule has 52 heavy (non-hydrogen) atoms. The van der Waals surface area contributed by atoms with Gasteiger partial charge >= 0.3 is 12.1 Å². The number of carbonyl (C=O) groups excluding carboxylic acids is 5. The molecule has 0 radical (unpaired) electrons. The SMILES string of the molecule is O=C(NC1CCOC1)N[C@H]1CCCCC/C=C/[C@@H]2C[C@@]2(C(=O)NS(=O)(=O)C2CC2)NC(=O)[C@@H]2C[C@@H](OC(=O)N3CCc4ccccc4C3)CN2C1=O. The number of carbonyl (C=O) groups is 5. The lowest BCUT2D eigenvalue weighted by Gasteiger charge is -2.30. The maximum absolute atomic E-state index is 14.4. The molecule has 6 atom stereocenters. The molecule has 2 aliphatic carbocycles. The lowest BCUT2D eigenvalue weighted by atomic mass is 10.0. The highest BCUT2D eigenvalue weighted by Gasteiger charge is 2.62. The summed E-state index contributed by atoms with van der Waals surface area (Å²) in [5.41, 5.74) is 0.678. The van der Waals surface area contributed by atoms with Crippen LogP contribution in [0.15, 0.2) is 36.4 Å². The number of sulfonamides is 1. The Morgan fingerprint density at radius 1 is 1.00 bits per heavy atom. The van der Waals surface area contributed by atoms with Gasteiger partial charge in [-0.25, -0.2) is 18.0 Å². The van der Waals surface area contributed by atoms with E-state index < -0.39 is 74.8 Å². The fourth-order valence-electron chi connectivity index (χ4n) is 7.75. The van der Waals surface area contributed by atoms with Crippen molar-refractivity contribution in [2.75, 3.05) is 26.3 Å². The van der Waals surface area contributed by atoms with E-state index in [9.17, 15) is 32.4 Å². The van der Waals surface area contributed by atoms with Crippen molar-refractivity contribution in [1.82, 2.24) is 30.5 Å². The second-order valence-electron chi connectivity index (χ2n) is 14.9. The van der Waals surface area contributed by atoms with Gasteiger partial charge in [0.15, 0.2) is 0 Å². The first-order chi connectivity index (χ1) is 25.0. The zero-order chi connectivity index (χ0) is 36.5. The van der Waals surface area contributed by atoms with E-state index in [1.807, 2.05) is 36.4 Å². The first-order valence-electron chi connectivity index (χ1n) is 18.5. The minimum atomic E-state index is -3.89. The molecule has 4 N–H and O–H groups in total.